The average Bonchev–Trinajstić information content (AvgIpc) is 3.10. The zero-order valence-corrected chi connectivity index (χ0v) is 18.5. The van der Waals surface area contributed by atoms with Crippen LogP contribution in [0.25, 0.3) is 6.08 Å². The Morgan fingerprint density at radius 2 is 1.73 bits per heavy atom. The molecule has 4 rings (SSSR count). The van der Waals surface area contributed by atoms with E-state index >= 15 is 0 Å². The van der Waals surface area contributed by atoms with Gasteiger partial charge in [-0.15, -0.1) is 0 Å². The third-order valence-corrected chi connectivity index (χ3v) is 5.53. The third kappa shape index (κ3) is 4.25. The highest BCUT2D eigenvalue weighted by Gasteiger charge is 2.33. The molecule has 0 saturated carbocycles. The SMILES string of the molecule is Cc1cc(O)c(C(C)C)cc1N1C(=Cc2ccc([N+](=O)[O-])cc2)C(=O)N=C1c1ccccc1. The predicted molar refractivity (Wildman–Crippen MR) is 128 cm³/mol. The number of benzene rings is 3. The summed E-state index contributed by atoms with van der Waals surface area (Å²) >= 11 is 0. The highest BCUT2D eigenvalue weighted by atomic mass is 16.6. The molecule has 166 valence electrons. The molecule has 33 heavy (non-hydrogen) atoms. The van der Waals surface area contributed by atoms with Crippen molar-refractivity contribution in [3.05, 3.63) is 105 Å². The van der Waals surface area contributed by atoms with Gasteiger partial charge >= 0.3 is 0 Å². The van der Waals surface area contributed by atoms with E-state index in [1.807, 2.05) is 57.2 Å². The monoisotopic (exact) mass is 441 g/mol. The number of amidine groups is 1. The Hall–Kier alpha value is -4.26. The number of aryl methyl sites for hydroxylation is 1. The summed E-state index contributed by atoms with van der Waals surface area (Å²) in [7, 11) is 0. The number of hydrogen-bond donors (Lipinski definition) is 1. The summed E-state index contributed by atoms with van der Waals surface area (Å²) in [5.41, 5.74) is 3.99. The van der Waals surface area contributed by atoms with Crippen LogP contribution in [0, 0.1) is 17.0 Å². The molecule has 0 aliphatic carbocycles. The van der Waals surface area contributed by atoms with Crippen molar-refractivity contribution in [1.82, 2.24) is 0 Å². The zero-order chi connectivity index (χ0) is 23.7. The van der Waals surface area contributed by atoms with Gasteiger partial charge in [-0.3, -0.25) is 19.8 Å². The molecule has 0 fully saturated rings. The van der Waals surface area contributed by atoms with E-state index in [9.17, 15) is 20.0 Å². The number of nitrogens with zero attached hydrogens (tertiary/aromatic N) is 3. The largest absolute Gasteiger partial charge is 0.508 e. The van der Waals surface area contributed by atoms with Crippen molar-refractivity contribution in [2.45, 2.75) is 26.7 Å². The van der Waals surface area contributed by atoms with E-state index in [2.05, 4.69) is 4.99 Å². The quantitative estimate of drug-likeness (QED) is 0.317. The molecule has 7 heteroatoms. The number of non-ortho nitro benzene ring substituents is 1. The van der Waals surface area contributed by atoms with Crippen molar-refractivity contribution in [1.29, 1.82) is 0 Å². The summed E-state index contributed by atoms with van der Waals surface area (Å²) in [6, 6.07) is 19.0. The van der Waals surface area contributed by atoms with Gasteiger partial charge in [-0.25, -0.2) is 0 Å². The number of rotatable bonds is 5. The number of aromatic hydroxyl groups is 1. The fourth-order valence-electron chi connectivity index (χ4n) is 3.82. The highest BCUT2D eigenvalue weighted by molar-refractivity contribution is 6.28. The molecule has 0 aromatic heterocycles. The first kappa shape index (κ1) is 22.0. The van der Waals surface area contributed by atoms with Gasteiger partial charge in [0.15, 0.2) is 0 Å². The average molecular weight is 441 g/mol. The number of carbonyl (C=O) groups is 1. The van der Waals surface area contributed by atoms with Gasteiger partial charge in [-0.1, -0.05) is 44.2 Å². The Morgan fingerprint density at radius 1 is 1.06 bits per heavy atom. The fraction of sp³-hybridized carbons (Fsp3) is 0.154. The van der Waals surface area contributed by atoms with E-state index in [4.69, 9.17) is 0 Å². The van der Waals surface area contributed by atoms with Crippen LogP contribution in [-0.4, -0.2) is 21.8 Å². The molecule has 1 amide bonds. The molecule has 0 atom stereocenters. The maximum Gasteiger partial charge on any atom is 0.296 e. The van der Waals surface area contributed by atoms with Crippen molar-refractivity contribution in [3.63, 3.8) is 0 Å². The minimum absolute atomic E-state index is 0.0241. The minimum atomic E-state index is -0.464. The van der Waals surface area contributed by atoms with E-state index in [0.717, 1.165) is 22.4 Å². The lowest BCUT2D eigenvalue weighted by atomic mass is 9.98. The molecule has 1 N–H and O–H groups in total. The van der Waals surface area contributed by atoms with Crippen LogP contribution in [0.2, 0.25) is 0 Å². The summed E-state index contributed by atoms with van der Waals surface area (Å²) in [6.07, 6.45) is 1.67. The van der Waals surface area contributed by atoms with Crippen molar-refractivity contribution in [2.75, 3.05) is 4.90 Å². The van der Waals surface area contributed by atoms with Crippen LogP contribution in [0.5, 0.6) is 5.75 Å². The van der Waals surface area contributed by atoms with Crippen molar-refractivity contribution in [2.24, 2.45) is 4.99 Å². The molecule has 1 aliphatic heterocycles. The number of hydrogen-bond acceptors (Lipinski definition) is 5. The standard InChI is InChI=1S/C26H23N3O4/c1-16(2)21-15-22(17(3)13-24(21)30)28-23(14-18-9-11-20(12-10-18)29(32)33)26(31)27-25(28)19-7-5-4-6-8-19/h4-16,30H,1-3H3. The number of aliphatic imine (C=N–C) groups is 1. The van der Waals surface area contributed by atoms with Gasteiger partial charge in [0.25, 0.3) is 11.6 Å². The van der Waals surface area contributed by atoms with Crippen LogP contribution in [0.3, 0.4) is 0 Å². The number of nitro groups is 1. The van der Waals surface area contributed by atoms with E-state index in [-0.39, 0.29) is 17.4 Å². The lowest BCUT2D eigenvalue weighted by Gasteiger charge is -2.25. The van der Waals surface area contributed by atoms with Gasteiger partial charge < -0.3 is 5.11 Å². The number of anilines is 1. The summed E-state index contributed by atoms with van der Waals surface area (Å²) in [5.74, 6) is 0.348. The first-order valence-corrected chi connectivity index (χ1v) is 10.5. The minimum Gasteiger partial charge on any atom is -0.508 e. The Balaban J connectivity index is 1.89. The molecular formula is C26H23N3O4. The lowest BCUT2D eigenvalue weighted by molar-refractivity contribution is -0.384. The molecule has 0 radical (unpaired) electrons. The van der Waals surface area contributed by atoms with Gasteiger partial charge in [-0.2, -0.15) is 4.99 Å². The number of phenols is 1. The lowest BCUT2D eigenvalue weighted by Crippen LogP contribution is -2.28. The Labute approximate surface area is 191 Å². The molecule has 0 spiro atoms. The van der Waals surface area contributed by atoms with Crippen LogP contribution in [0.15, 0.2) is 77.4 Å². The molecular weight excluding hydrogens is 418 g/mol. The molecule has 7 nitrogen and oxygen atoms in total. The van der Waals surface area contributed by atoms with E-state index in [1.54, 1.807) is 29.2 Å². The normalized spacial score (nSPS) is 14.8. The second-order valence-electron chi connectivity index (χ2n) is 8.17. The van der Waals surface area contributed by atoms with Gasteiger partial charge in [0.2, 0.25) is 0 Å². The van der Waals surface area contributed by atoms with E-state index in [0.29, 0.717) is 17.1 Å². The van der Waals surface area contributed by atoms with Crippen LogP contribution < -0.4 is 4.90 Å². The predicted octanol–water partition coefficient (Wildman–Crippen LogP) is 5.57. The molecule has 3 aromatic carbocycles. The summed E-state index contributed by atoms with van der Waals surface area (Å²) in [5, 5.41) is 21.4. The Bertz CT molecular complexity index is 1290. The van der Waals surface area contributed by atoms with E-state index in [1.165, 1.54) is 12.1 Å². The van der Waals surface area contributed by atoms with Gasteiger partial charge in [0, 0.05) is 17.7 Å². The second-order valence-corrected chi connectivity index (χ2v) is 8.17. The van der Waals surface area contributed by atoms with Crippen LogP contribution in [-0.2, 0) is 4.79 Å². The second kappa shape index (κ2) is 8.70. The smallest absolute Gasteiger partial charge is 0.296 e. The zero-order valence-electron chi connectivity index (χ0n) is 18.5. The molecule has 1 aliphatic rings. The first-order chi connectivity index (χ1) is 15.8. The summed E-state index contributed by atoms with van der Waals surface area (Å²) < 4.78 is 0. The summed E-state index contributed by atoms with van der Waals surface area (Å²) in [6.45, 7) is 5.85. The van der Waals surface area contributed by atoms with Crippen LogP contribution in [0.1, 0.15) is 42.0 Å². The van der Waals surface area contributed by atoms with E-state index < -0.39 is 10.8 Å². The van der Waals surface area contributed by atoms with Crippen molar-refractivity contribution >= 4 is 29.2 Å². The molecule has 0 unspecified atom stereocenters. The maximum absolute atomic E-state index is 13.1. The summed E-state index contributed by atoms with van der Waals surface area (Å²) in [4.78, 5) is 29.7. The van der Waals surface area contributed by atoms with Gasteiger partial charge in [0.05, 0.1) is 10.6 Å². The molecule has 1 heterocycles. The molecule has 0 bridgehead atoms. The van der Waals surface area contributed by atoms with Crippen molar-refractivity contribution < 1.29 is 14.8 Å². The van der Waals surface area contributed by atoms with Gasteiger partial charge in [-0.05, 0) is 59.9 Å². The first-order valence-electron chi connectivity index (χ1n) is 10.5. The third-order valence-electron chi connectivity index (χ3n) is 5.53. The number of phenolic OH excluding ortho intramolecular Hbond substituents is 1. The Kier molecular flexibility index (Phi) is 5.79. The fourth-order valence-corrected chi connectivity index (χ4v) is 3.82. The number of nitro benzene ring substituents is 1. The topological polar surface area (TPSA) is 96.0 Å². The highest BCUT2D eigenvalue weighted by Crippen LogP contribution is 2.37. The van der Waals surface area contributed by atoms with Crippen LogP contribution >= 0.6 is 0 Å². The molecule has 0 saturated heterocycles. The van der Waals surface area contributed by atoms with Gasteiger partial charge in [0.1, 0.15) is 17.3 Å². The van der Waals surface area contributed by atoms with Crippen LogP contribution in [0.4, 0.5) is 11.4 Å². The number of amides is 1. The number of carbonyl (C=O) groups excluding carboxylic acids is 1. The van der Waals surface area contributed by atoms with Crippen molar-refractivity contribution in [3.8, 4) is 5.75 Å². The Morgan fingerprint density at radius 3 is 2.33 bits per heavy atom. The maximum atomic E-state index is 13.1. The molecule has 3 aromatic rings.